The van der Waals surface area contributed by atoms with E-state index in [1.807, 2.05) is 31.2 Å². The fraction of sp³-hybridized carbons (Fsp3) is 0.562. The molecule has 0 radical (unpaired) electrons. The van der Waals surface area contributed by atoms with E-state index in [0.717, 1.165) is 29.6 Å². The highest BCUT2D eigenvalue weighted by atomic mass is 32.1. The molecule has 2 atom stereocenters. The number of nitrogens with zero attached hydrogens (tertiary/aromatic N) is 1. The van der Waals surface area contributed by atoms with E-state index in [9.17, 15) is 0 Å². The lowest BCUT2D eigenvalue weighted by molar-refractivity contribution is 0.216. The molecule has 2 unspecified atom stereocenters. The summed E-state index contributed by atoms with van der Waals surface area (Å²) < 4.78 is 5.44. The Hall–Kier alpha value is -1.29. The molecule has 0 aliphatic carbocycles. The first-order valence-corrected chi connectivity index (χ1v) is 7.78. The smallest absolute Gasteiger partial charge is 0.173 e. The molecule has 1 aromatic rings. The molecule has 110 valence electrons. The third kappa shape index (κ3) is 4.10. The summed E-state index contributed by atoms with van der Waals surface area (Å²) in [7, 11) is 0. The summed E-state index contributed by atoms with van der Waals surface area (Å²) in [6.07, 6.45) is 1.29. The highest BCUT2D eigenvalue weighted by Gasteiger charge is 2.23. The molecule has 1 heterocycles. The molecular weight excluding hydrogens is 268 g/mol. The number of likely N-dealkylation sites (tertiary alicyclic amines) is 1. The van der Waals surface area contributed by atoms with Crippen molar-refractivity contribution in [3.8, 4) is 5.75 Å². The van der Waals surface area contributed by atoms with E-state index in [0.29, 0.717) is 18.4 Å². The number of piperidine rings is 1. The average molecular weight is 292 g/mol. The van der Waals surface area contributed by atoms with Crippen molar-refractivity contribution in [1.29, 1.82) is 0 Å². The topological polar surface area (TPSA) is 24.5 Å². The Labute approximate surface area is 127 Å². The molecule has 1 aliphatic rings. The van der Waals surface area contributed by atoms with E-state index < -0.39 is 0 Å². The van der Waals surface area contributed by atoms with Crippen LogP contribution in [0.25, 0.3) is 0 Å². The summed E-state index contributed by atoms with van der Waals surface area (Å²) in [6, 6.07) is 7.95. The van der Waals surface area contributed by atoms with Crippen LogP contribution in [0, 0.1) is 11.8 Å². The minimum absolute atomic E-state index is 0.689. The zero-order chi connectivity index (χ0) is 14.5. The number of hydrogen-bond acceptors (Lipinski definition) is 2. The molecule has 3 nitrogen and oxygen atoms in total. The van der Waals surface area contributed by atoms with Crippen molar-refractivity contribution in [2.24, 2.45) is 11.8 Å². The normalized spacial score (nSPS) is 22.4. The molecular formula is C16H24N2OS. The van der Waals surface area contributed by atoms with Crippen molar-refractivity contribution in [3.63, 3.8) is 0 Å². The van der Waals surface area contributed by atoms with Gasteiger partial charge in [-0.15, -0.1) is 0 Å². The first-order chi connectivity index (χ1) is 9.58. The molecule has 20 heavy (non-hydrogen) atoms. The first-order valence-electron chi connectivity index (χ1n) is 7.37. The number of nitrogens with one attached hydrogen (secondary N) is 1. The summed E-state index contributed by atoms with van der Waals surface area (Å²) in [5.41, 5.74) is 1.02. The van der Waals surface area contributed by atoms with Crippen LogP contribution in [-0.4, -0.2) is 29.7 Å². The van der Waals surface area contributed by atoms with Crippen molar-refractivity contribution in [2.45, 2.75) is 27.2 Å². The maximum Gasteiger partial charge on any atom is 0.173 e. The summed E-state index contributed by atoms with van der Waals surface area (Å²) >= 11 is 5.53. The van der Waals surface area contributed by atoms with E-state index in [4.69, 9.17) is 17.0 Å². The van der Waals surface area contributed by atoms with Gasteiger partial charge in [0, 0.05) is 18.8 Å². The fourth-order valence-electron chi connectivity index (χ4n) is 2.83. The Morgan fingerprint density at radius 3 is 2.40 bits per heavy atom. The molecule has 0 saturated carbocycles. The maximum atomic E-state index is 5.53. The molecule has 1 fully saturated rings. The van der Waals surface area contributed by atoms with Crippen molar-refractivity contribution in [1.82, 2.24) is 4.90 Å². The molecule has 4 heteroatoms. The lowest BCUT2D eigenvalue weighted by atomic mass is 9.92. The monoisotopic (exact) mass is 292 g/mol. The van der Waals surface area contributed by atoms with Gasteiger partial charge < -0.3 is 15.0 Å². The van der Waals surface area contributed by atoms with Gasteiger partial charge >= 0.3 is 0 Å². The third-order valence-corrected chi connectivity index (χ3v) is 3.93. The van der Waals surface area contributed by atoms with Crippen molar-refractivity contribution in [3.05, 3.63) is 24.3 Å². The number of anilines is 1. The Morgan fingerprint density at radius 2 is 1.85 bits per heavy atom. The van der Waals surface area contributed by atoms with Gasteiger partial charge in [0.25, 0.3) is 0 Å². The highest BCUT2D eigenvalue weighted by molar-refractivity contribution is 7.80. The van der Waals surface area contributed by atoms with Gasteiger partial charge in [-0.1, -0.05) is 13.8 Å². The molecule has 1 aliphatic heterocycles. The van der Waals surface area contributed by atoms with Gasteiger partial charge in [0.15, 0.2) is 5.11 Å². The number of thiocarbonyl (C=S) groups is 1. The van der Waals surface area contributed by atoms with E-state index in [1.54, 1.807) is 0 Å². The Morgan fingerprint density at radius 1 is 1.25 bits per heavy atom. The van der Waals surface area contributed by atoms with Crippen LogP contribution in [0.15, 0.2) is 24.3 Å². The van der Waals surface area contributed by atoms with E-state index in [1.165, 1.54) is 6.42 Å². The minimum atomic E-state index is 0.689. The minimum Gasteiger partial charge on any atom is -0.494 e. The van der Waals surface area contributed by atoms with E-state index in [2.05, 4.69) is 24.1 Å². The number of benzene rings is 1. The predicted octanol–water partition coefficient (Wildman–Crippen LogP) is 3.76. The predicted molar refractivity (Wildman–Crippen MR) is 88.3 cm³/mol. The second-order valence-corrected chi connectivity index (χ2v) is 6.13. The van der Waals surface area contributed by atoms with Crippen LogP contribution in [0.1, 0.15) is 27.2 Å². The number of hydrogen-bond donors (Lipinski definition) is 1. The Bertz CT molecular complexity index is 436. The Balaban J connectivity index is 1.93. The number of rotatable bonds is 3. The first kappa shape index (κ1) is 15.1. The molecule has 1 aromatic carbocycles. The summed E-state index contributed by atoms with van der Waals surface area (Å²) in [5, 5.41) is 4.15. The Kier molecular flexibility index (Phi) is 5.24. The zero-order valence-corrected chi connectivity index (χ0v) is 13.4. The van der Waals surface area contributed by atoms with Crippen molar-refractivity contribution in [2.75, 3.05) is 25.0 Å². The third-order valence-electron chi connectivity index (χ3n) is 3.57. The van der Waals surface area contributed by atoms with Gasteiger partial charge in [0.05, 0.1) is 6.61 Å². The lowest BCUT2D eigenvalue weighted by Crippen LogP contribution is -2.44. The second kappa shape index (κ2) is 6.93. The van der Waals surface area contributed by atoms with Crippen LogP contribution >= 0.6 is 12.2 Å². The van der Waals surface area contributed by atoms with E-state index in [-0.39, 0.29) is 0 Å². The molecule has 0 bridgehead atoms. The second-order valence-electron chi connectivity index (χ2n) is 5.74. The molecule has 1 saturated heterocycles. The summed E-state index contributed by atoms with van der Waals surface area (Å²) in [5.74, 6) is 2.31. The van der Waals surface area contributed by atoms with Gasteiger partial charge in [-0.05, 0) is 61.7 Å². The summed E-state index contributed by atoms with van der Waals surface area (Å²) in [4.78, 5) is 2.28. The van der Waals surface area contributed by atoms with Crippen LogP contribution < -0.4 is 10.1 Å². The zero-order valence-electron chi connectivity index (χ0n) is 12.6. The molecule has 0 spiro atoms. The summed E-state index contributed by atoms with van der Waals surface area (Å²) in [6.45, 7) is 9.36. The van der Waals surface area contributed by atoms with Gasteiger partial charge in [-0.2, -0.15) is 0 Å². The van der Waals surface area contributed by atoms with Crippen LogP contribution in [-0.2, 0) is 0 Å². The highest BCUT2D eigenvalue weighted by Crippen LogP contribution is 2.22. The standard InChI is InChI=1S/C16H24N2OS/c1-4-19-15-7-5-14(6-8-15)17-16(20)18-10-12(2)9-13(3)11-18/h5-8,12-13H,4,9-11H2,1-3H3,(H,17,20). The van der Waals surface area contributed by atoms with E-state index >= 15 is 0 Å². The van der Waals surface area contributed by atoms with Crippen molar-refractivity contribution >= 4 is 23.0 Å². The quantitative estimate of drug-likeness (QED) is 0.857. The molecule has 0 amide bonds. The average Bonchev–Trinajstić information content (AvgIpc) is 2.40. The van der Waals surface area contributed by atoms with Crippen LogP contribution in [0.3, 0.4) is 0 Å². The SMILES string of the molecule is CCOc1ccc(NC(=S)N2CC(C)CC(C)C2)cc1. The maximum absolute atomic E-state index is 5.53. The van der Waals surface area contributed by atoms with Crippen molar-refractivity contribution < 1.29 is 4.74 Å². The van der Waals surface area contributed by atoms with Crippen LogP contribution in [0.5, 0.6) is 5.75 Å². The van der Waals surface area contributed by atoms with Gasteiger partial charge in [0.1, 0.15) is 5.75 Å². The van der Waals surface area contributed by atoms with Crippen LogP contribution in [0.4, 0.5) is 5.69 Å². The van der Waals surface area contributed by atoms with Crippen LogP contribution in [0.2, 0.25) is 0 Å². The molecule has 1 N–H and O–H groups in total. The largest absolute Gasteiger partial charge is 0.494 e. The number of ether oxygens (including phenoxy) is 1. The molecule has 2 rings (SSSR count). The fourth-order valence-corrected chi connectivity index (χ4v) is 3.10. The lowest BCUT2D eigenvalue weighted by Gasteiger charge is -2.36. The van der Waals surface area contributed by atoms with Gasteiger partial charge in [0.2, 0.25) is 0 Å². The van der Waals surface area contributed by atoms with Gasteiger partial charge in [-0.3, -0.25) is 0 Å². The molecule has 0 aromatic heterocycles. The van der Waals surface area contributed by atoms with Gasteiger partial charge in [-0.25, -0.2) is 0 Å².